The van der Waals surface area contributed by atoms with Gasteiger partial charge in [0, 0.05) is 12.5 Å². The first-order chi connectivity index (χ1) is 10.9. The highest BCUT2D eigenvalue weighted by Gasteiger charge is 2.55. The molecule has 0 unspecified atom stereocenters. The fraction of sp³-hybridized carbons (Fsp3) is 0.812. The third-order valence-corrected chi connectivity index (χ3v) is 9.83. The Labute approximate surface area is 138 Å². The Hall–Kier alpha value is -0.733. The smallest absolute Gasteiger partial charge is 0.302 e. The van der Waals surface area contributed by atoms with Crippen molar-refractivity contribution < 1.29 is 28.9 Å². The van der Waals surface area contributed by atoms with E-state index in [1.807, 2.05) is 0 Å². The van der Waals surface area contributed by atoms with Crippen molar-refractivity contribution in [2.24, 2.45) is 0 Å². The van der Waals surface area contributed by atoms with Gasteiger partial charge in [0.25, 0.3) is 0 Å². The van der Waals surface area contributed by atoms with E-state index in [4.69, 9.17) is 13.9 Å². The van der Waals surface area contributed by atoms with E-state index in [9.17, 15) is 15.0 Å². The van der Waals surface area contributed by atoms with E-state index in [1.54, 1.807) is 0 Å². The van der Waals surface area contributed by atoms with Crippen molar-refractivity contribution in [3.63, 3.8) is 0 Å². The molecular formula is C16H28O6Si. The van der Waals surface area contributed by atoms with Crippen molar-refractivity contribution in [2.75, 3.05) is 13.2 Å². The molecule has 7 heteroatoms. The van der Waals surface area contributed by atoms with Gasteiger partial charge in [0.05, 0.1) is 6.61 Å². The lowest BCUT2D eigenvalue weighted by Gasteiger charge is -2.32. The van der Waals surface area contributed by atoms with Crippen LogP contribution in [-0.2, 0) is 18.7 Å². The first-order valence-corrected chi connectivity index (χ1v) is 10.9. The number of hydrogen-bond acceptors (Lipinski definition) is 6. The Morgan fingerprint density at radius 1 is 1.04 bits per heavy atom. The Morgan fingerprint density at radius 3 is 1.96 bits per heavy atom. The van der Waals surface area contributed by atoms with E-state index < -0.39 is 32.6 Å². The number of ether oxygens (including phenoxy) is 2. The van der Waals surface area contributed by atoms with Crippen molar-refractivity contribution in [1.29, 1.82) is 0 Å². The summed E-state index contributed by atoms with van der Waals surface area (Å²) in [5.41, 5.74) is 1.14. The highest BCUT2D eigenvalue weighted by molar-refractivity contribution is 6.73. The van der Waals surface area contributed by atoms with Gasteiger partial charge in [-0.2, -0.15) is 0 Å². The summed E-state index contributed by atoms with van der Waals surface area (Å²) in [5.74, 6) is -0.419. The van der Waals surface area contributed by atoms with Gasteiger partial charge in [0.1, 0.15) is 31.0 Å². The molecular weight excluding hydrogens is 316 g/mol. The van der Waals surface area contributed by atoms with Crippen molar-refractivity contribution in [2.45, 2.75) is 70.2 Å². The van der Waals surface area contributed by atoms with Crippen LogP contribution in [0.5, 0.6) is 0 Å². The van der Waals surface area contributed by atoms with Crippen LogP contribution >= 0.6 is 0 Å². The zero-order valence-corrected chi connectivity index (χ0v) is 15.4. The largest absolute Gasteiger partial charge is 0.461 e. The molecule has 0 saturated carbocycles. The van der Waals surface area contributed by atoms with Gasteiger partial charge in [-0.25, -0.2) is 0 Å². The number of carbonyl (C=O) groups excluding carboxylic acids is 1. The van der Waals surface area contributed by atoms with Crippen molar-refractivity contribution >= 4 is 14.3 Å². The van der Waals surface area contributed by atoms with Crippen LogP contribution in [0.2, 0.25) is 18.1 Å². The molecule has 0 aromatic rings. The molecule has 0 bridgehead atoms. The minimum Gasteiger partial charge on any atom is -0.461 e. The molecule has 23 heavy (non-hydrogen) atoms. The van der Waals surface area contributed by atoms with Gasteiger partial charge < -0.3 is 24.1 Å². The summed E-state index contributed by atoms with van der Waals surface area (Å²) in [7, 11) is -1.81. The van der Waals surface area contributed by atoms with Crippen LogP contribution in [-0.4, -0.2) is 62.1 Å². The second-order valence-corrected chi connectivity index (χ2v) is 11.1. The van der Waals surface area contributed by atoms with E-state index >= 15 is 0 Å². The average molecular weight is 344 g/mol. The number of fused-ring (bicyclic) bond motifs is 1. The summed E-state index contributed by atoms with van der Waals surface area (Å²) >= 11 is 0. The second kappa shape index (κ2) is 7.44. The predicted octanol–water partition coefficient (Wildman–Crippen LogP) is 1.37. The van der Waals surface area contributed by atoms with Crippen LogP contribution in [0, 0.1) is 0 Å². The number of esters is 1. The monoisotopic (exact) mass is 344 g/mol. The summed E-state index contributed by atoms with van der Waals surface area (Å²) in [6, 6.07) is 3.02. The van der Waals surface area contributed by atoms with Crippen molar-refractivity contribution in [3.8, 4) is 0 Å². The summed E-state index contributed by atoms with van der Waals surface area (Å²) in [5, 5.41) is 20.8. The topological polar surface area (TPSA) is 88.5 Å². The predicted molar refractivity (Wildman–Crippen MR) is 87.5 cm³/mol. The number of epoxide rings is 1. The maximum absolute atomic E-state index is 11.1. The zero-order chi connectivity index (χ0) is 17.2. The summed E-state index contributed by atoms with van der Waals surface area (Å²) < 4.78 is 16.6. The molecule has 0 aromatic carbocycles. The lowest BCUT2D eigenvalue weighted by atomic mass is 9.88. The number of aliphatic hydroxyl groups is 2. The van der Waals surface area contributed by atoms with E-state index in [-0.39, 0.29) is 19.3 Å². The normalized spacial score (nSPS) is 30.2. The van der Waals surface area contributed by atoms with Crippen LogP contribution in [0.1, 0.15) is 27.7 Å². The first-order valence-electron chi connectivity index (χ1n) is 8.39. The molecule has 2 aliphatic rings. The third-order valence-electron chi connectivity index (χ3n) is 5.21. The molecule has 0 radical (unpaired) electrons. The van der Waals surface area contributed by atoms with Crippen molar-refractivity contribution in [1.82, 2.24) is 0 Å². The minimum absolute atomic E-state index is 0.0300. The summed E-state index contributed by atoms with van der Waals surface area (Å²) in [6.45, 7) is 7.97. The third kappa shape index (κ3) is 3.85. The average Bonchev–Trinajstić information content (AvgIpc) is 3.33. The van der Waals surface area contributed by atoms with Crippen LogP contribution < -0.4 is 0 Å². The fourth-order valence-electron chi connectivity index (χ4n) is 3.24. The quantitative estimate of drug-likeness (QED) is 0.299. The first kappa shape index (κ1) is 18.6. The standard InChI is InChI=1S/C16H28O6Si/c1-5-23(6-2,7-3)21-9-12-11(8-20-10(4)17)13(18)15-16(22-15)14(12)19/h13-16,18-19H,5-9H2,1-4H3/t13-,14-,15-,16+/m1/s1. The summed E-state index contributed by atoms with van der Waals surface area (Å²) in [6.07, 6.45) is -2.41. The molecule has 6 nitrogen and oxygen atoms in total. The molecule has 0 amide bonds. The van der Waals surface area contributed by atoms with Crippen molar-refractivity contribution in [3.05, 3.63) is 11.1 Å². The molecule has 0 aromatic heterocycles. The Morgan fingerprint density at radius 2 is 1.52 bits per heavy atom. The minimum atomic E-state index is -1.81. The fourth-order valence-corrected chi connectivity index (χ4v) is 5.82. The van der Waals surface area contributed by atoms with Gasteiger partial charge in [-0.15, -0.1) is 0 Å². The highest BCUT2D eigenvalue weighted by atomic mass is 28.4. The molecule has 132 valence electrons. The lowest BCUT2D eigenvalue weighted by Crippen LogP contribution is -2.41. The maximum atomic E-state index is 11.1. The summed E-state index contributed by atoms with van der Waals surface area (Å²) in [4.78, 5) is 11.1. The van der Waals surface area contributed by atoms with E-state index in [0.29, 0.717) is 11.1 Å². The van der Waals surface area contributed by atoms with Gasteiger partial charge in [-0.3, -0.25) is 4.79 Å². The molecule has 1 aliphatic carbocycles. The van der Waals surface area contributed by atoms with E-state index in [1.165, 1.54) is 6.92 Å². The van der Waals surface area contributed by atoms with Gasteiger partial charge in [-0.1, -0.05) is 20.8 Å². The molecule has 1 fully saturated rings. The Balaban J connectivity index is 2.18. The van der Waals surface area contributed by atoms with Crippen LogP contribution in [0.4, 0.5) is 0 Å². The Bertz CT molecular complexity index is 465. The van der Waals surface area contributed by atoms with Crippen LogP contribution in [0.3, 0.4) is 0 Å². The second-order valence-electron chi connectivity index (χ2n) is 6.32. The molecule has 1 aliphatic heterocycles. The number of aliphatic hydroxyl groups excluding tert-OH is 2. The molecule has 0 spiro atoms. The van der Waals surface area contributed by atoms with Gasteiger partial charge in [0.15, 0.2) is 8.32 Å². The maximum Gasteiger partial charge on any atom is 0.302 e. The van der Waals surface area contributed by atoms with E-state index in [2.05, 4.69) is 20.8 Å². The van der Waals surface area contributed by atoms with Gasteiger partial charge in [-0.05, 0) is 23.7 Å². The number of rotatable bonds is 8. The molecule has 1 heterocycles. The Kier molecular flexibility index (Phi) is 6.02. The molecule has 2 rings (SSSR count). The SMILES string of the molecule is CC[Si](CC)(CC)OCC1=C(COC(C)=O)[C@@H](O)[C@H]2O[C@H]2[C@@H]1O. The van der Waals surface area contributed by atoms with Crippen LogP contribution in [0.15, 0.2) is 11.1 Å². The highest BCUT2D eigenvalue weighted by Crippen LogP contribution is 2.41. The molecule has 2 N–H and O–H groups in total. The van der Waals surface area contributed by atoms with Gasteiger partial charge >= 0.3 is 5.97 Å². The number of carbonyl (C=O) groups is 1. The zero-order valence-electron chi connectivity index (χ0n) is 14.4. The lowest BCUT2D eigenvalue weighted by molar-refractivity contribution is -0.140. The molecule has 4 atom stereocenters. The molecule has 1 saturated heterocycles. The number of hydrogen-bond donors (Lipinski definition) is 2. The van der Waals surface area contributed by atoms with Crippen LogP contribution in [0.25, 0.3) is 0 Å². The van der Waals surface area contributed by atoms with E-state index in [0.717, 1.165) is 18.1 Å². The van der Waals surface area contributed by atoms with Gasteiger partial charge in [0.2, 0.25) is 0 Å².